The first kappa shape index (κ1) is 25.6. The van der Waals surface area contributed by atoms with E-state index in [0.717, 1.165) is 27.8 Å². The van der Waals surface area contributed by atoms with Crippen LogP contribution in [0.15, 0.2) is 60.9 Å². The SMILES string of the molecule is NS(=O)(=O)CCCC(=O)N1CCN(c2ccc(Nc3nccc(-c4c[nH]c5ccc(F)cc45)n3)cc2)CC1. The monoisotopic (exact) mass is 537 g/mol. The molecule has 4 N–H and O–H groups in total. The minimum atomic E-state index is -3.55. The second-order valence-corrected chi connectivity index (χ2v) is 10.9. The second-order valence-electron chi connectivity index (χ2n) is 9.17. The smallest absolute Gasteiger partial charge is 0.227 e. The van der Waals surface area contributed by atoms with Crippen molar-refractivity contribution in [1.82, 2.24) is 19.9 Å². The third-order valence-corrected chi connectivity index (χ3v) is 7.37. The molecule has 10 nitrogen and oxygen atoms in total. The molecule has 3 heterocycles. The van der Waals surface area contributed by atoms with Gasteiger partial charge in [-0.1, -0.05) is 0 Å². The van der Waals surface area contributed by atoms with E-state index < -0.39 is 10.0 Å². The predicted molar refractivity (Wildman–Crippen MR) is 145 cm³/mol. The molecule has 0 atom stereocenters. The van der Waals surface area contributed by atoms with Crippen molar-refractivity contribution in [2.24, 2.45) is 5.14 Å². The highest BCUT2D eigenvalue weighted by molar-refractivity contribution is 7.89. The Labute approximate surface area is 219 Å². The molecule has 198 valence electrons. The van der Waals surface area contributed by atoms with Crippen molar-refractivity contribution in [3.8, 4) is 11.3 Å². The Morgan fingerprint density at radius 2 is 1.84 bits per heavy atom. The first-order valence-electron chi connectivity index (χ1n) is 12.3. The summed E-state index contributed by atoms with van der Waals surface area (Å²) in [7, 11) is -3.55. The number of nitrogens with zero attached hydrogens (tertiary/aromatic N) is 4. The summed E-state index contributed by atoms with van der Waals surface area (Å²) in [6.45, 7) is 2.52. The molecular formula is C26H28FN7O3S. The number of primary sulfonamides is 1. The van der Waals surface area contributed by atoms with E-state index in [9.17, 15) is 17.6 Å². The minimum absolute atomic E-state index is 0.0483. The summed E-state index contributed by atoms with van der Waals surface area (Å²) < 4.78 is 35.9. The highest BCUT2D eigenvalue weighted by Crippen LogP contribution is 2.29. The number of hydrogen-bond acceptors (Lipinski definition) is 7. The van der Waals surface area contributed by atoms with E-state index in [4.69, 9.17) is 5.14 Å². The Morgan fingerprint density at radius 1 is 1.08 bits per heavy atom. The van der Waals surface area contributed by atoms with Gasteiger partial charge in [0.05, 0.1) is 11.4 Å². The molecule has 1 aliphatic heterocycles. The predicted octanol–water partition coefficient (Wildman–Crippen LogP) is 3.22. The molecule has 0 aliphatic carbocycles. The van der Waals surface area contributed by atoms with Gasteiger partial charge in [0.1, 0.15) is 5.82 Å². The Kier molecular flexibility index (Phi) is 7.25. The summed E-state index contributed by atoms with van der Waals surface area (Å²) in [6, 6.07) is 14.3. The Bertz CT molecular complexity index is 1550. The van der Waals surface area contributed by atoms with Crippen molar-refractivity contribution in [3.63, 3.8) is 0 Å². The van der Waals surface area contributed by atoms with Gasteiger partial charge >= 0.3 is 0 Å². The fraction of sp³-hybridized carbons (Fsp3) is 0.269. The quantitative estimate of drug-likeness (QED) is 0.314. The van der Waals surface area contributed by atoms with Gasteiger partial charge in [-0.15, -0.1) is 0 Å². The van der Waals surface area contributed by atoms with E-state index in [2.05, 4.69) is 25.2 Å². The number of fused-ring (bicyclic) bond motifs is 1. The number of piperazine rings is 1. The van der Waals surface area contributed by atoms with Crippen molar-refractivity contribution in [2.45, 2.75) is 12.8 Å². The number of aromatic nitrogens is 3. The summed E-state index contributed by atoms with van der Waals surface area (Å²) in [5, 5.41) is 8.97. The van der Waals surface area contributed by atoms with Crippen LogP contribution in [0.4, 0.5) is 21.7 Å². The third kappa shape index (κ3) is 6.09. The molecule has 1 saturated heterocycles. The number of benzene rings is 2. The molecule has 0 saturated carbocycles. The number of sulfonamides is 1. The number of hydrogen-bond donors (Lipinski definition) is 3. The lowest BCUT2D eigenvalue weighted by molar-refractivity contribution is -0.131. The van der Waals surface area contributed by atoms with Crippen molar-refractivity contribution < 1.29 is 17.6 Å². The number of nitrogens with two attached hydrogens (primary N) is 1. The van der Waals surface area contributed by atoms with Crippen molar-refractivity contribution in [2.75, 3.05) is 42.1 Å². The van der Waals surface area contributed by atoms with Crippen LogP contribution in [-0.4, -0.2) is 66.1 Å². The van der Waals surface area contributed by atoms with Crippen LogP contribution in [0.3, 0.4) is 0 Å². The summed E-state index contributed by atoms with van der Waals surface area (Å²) in [5.74, 6) is -0.111. The number of H-pyrrole nitrogens is 1. The van der Waals surface area contributed by atoms with Gasteiger partial charge in [0, 0.05) is 72.8 Å². The van der Waals surface area contributed by atoms with E-state index in [-0.39, 0.29) is 30.3 Å². The molecule has 0 radical (unpaired) electrons. The maximum absolute atomic E-state index is 13.8. The molecule has 0 unspecified atom stereocenters. The molecular weight excluding hydrogens is 509 g/mol. The molecule has 5 rings (SSSR count). The van der Waals surface area contributed by atoms with Crippen LogP contribution in [0.5, 0.6) is 0 Å². The molecule has 2 aromatic heterocycles. The molecule has 12 heteroatoms. The first-order valence-corrected chi connectivity index (χ1v) is 14.0. The van der Waals surface area contributed by atoms with E-state index in [1.807, 2.05) is 30.5 Å². The zero-order chi connectivity index (χ0) is 26.7. The number of halogens is 1. The van der Waals surface area contributed by atoms with Crippen LogP contribution in [0.2, 0.25) is 0 Å². The van der Waals surface area contributed by atoms with Crippen LogP contribution in [-0.2, 0) is 14.8 Å². The Morgan fingerprint density at radius 3 is 2.58 bits per heavy atom. The number of nitrogens with one attached hydrogen (secondary N) is 2. The molecule has 0 bridgehead atoms. The topological polar surface area (TPSA) is 137 Å². The lowest BCUT2D eigenvalue weighted by Gasteiger charge is -2.36. The molecule has 38 heavy (non-hydrogen) atoms. The average Bonchev–Trinajstić information content (AvgIpc) is 3.32. The minimum Gasteiger partial charge on any atom is -0.368 e. The second kappa shape index (κ2) is 10.8. The van der Waals surface area contributed by atoms with Crippen LogP contribution in [0, 0.1) is 5.82 Å². The number of carbonyl (C=O) groups is 1. The van der Waals surface area contributed by atoms with Gasteiger partial charge in [-0.05, 0) is 55.0 Å². The van der Waals surface area contributed by atoms with Crippen LogP contribution in [0.1, 0.15) is 12.8 Å². The van der Waals surface area contributed by atoms with Gasteiger partial charge in [0.25, 0.3) is 0 Å². The van der Waals surface area contributed by atoms with Crippen LogP contribution in [0.25, 0.3) is 22.2 Å². The number of aromatic amines is 1. The Hall–Kier alpha value is -4.03. The number of rotatable bonds is 8. The van der Waals surface area contributed by atoms with E-state index in [1.165, 1.54) is 12.1 Å². The molecule has 2 aromatic carbocycles. The van der Waals surface area contributed by atoms with E-state index in [1.54, 1.807) is 23.2 Å². The van der Waals surface area contributed by atoms with Gasteiger partial charge in [0.15, 0.2) is 0 Å². The van der Waals surface area contributed by atoms with Gasteiger partial charge in [-0.3, -0.25) is 4.79 Å². The third-order valence-electron chi connectivity index (χ3n) is 6.52. The van der Waals surface area contributed by atoms with Gasteiger partial charge in [-0.2, -0.15) is 0 Å². The molecule has 0 spiro atoms. The zero-order valence-corrected chi connectivity index (χ0v) is 21.4. The molecule has 1 fully saturated rings. The first-order chi connectivity index (χ1) is 18.2. The highest BCUT2D eigenvalue weighted by atomic mass is 32.2. The molecule has 1 aliphatic rings. The Balaban J connectivity index is 1.18. The summed E-state index contributed by atoms with van der Waals surface area (Å²) in [6.07, 6.45) is 3.88. The normalized spacial score (nSPS) is 14.2. The summed E-state index contributed by atoms with van der Waals surface area (Å²) >= 11 is 0. The van der Waals surface area contributed by atoms with Crippen molar-refractivity contribution in [3.05, 3.63) is 66.7 Å². The maximum Gasteiger partial charge on any atom is 0.227 e. The van der Waals surface area contributed by atoms with Gasteiger partial charge < -0.3 is 20.1 Å². The van der Waals surface area contributed by atoms with Crippen molar-refractivity contribution in [1.29, 1.82) is 0 Å². The number of amides is 1. The number of carbonyl (C=O) groups excluding carboxylic acids is 1. The van der Waals surface area contributed by atoms with E-state index >= 15 is 0 Å². The summed E-state index contributed by atoms with van der Waals surface area (Å²) in [5.41, 5.74) is 4.15. The lowest BCUT2D eigenvalue weighted by Crippen LogP contribution is -2.48. The zero-order valence-electron chi connectivity index (χ0n) is 20.6. The van der Waals surface area contributed by atoms with Gasteiger partial charge in [-0.25, -0.2) is 27.9 Å². The van der Waals surface area contributed by atoms with Crippen LogP contribution >= 0.6 is 0 Å². The number of anilines is 3. The summed E-state index contributed by atoms with van der Waals surface area (Å²) in [4.78, 5) is 28.4. The van der Waals surface area contributed by atoms with E-state index in [0.29, 0.717) is 37.8 Å². The lowest BCUT2D eigenvalue weighted by atomic mass is 10.1. The standard InChI is InChI=1S/C26H28FN7O3S/c27-18-3-8-23-21(16-18)22(17-30-23)24-9-10-29-26(32-24)31-19-4-6-20(7-5-19)33-11-13-34(14-12-33)25(35)2-1-15-38(28,36)37/h3-10,16-17,30H,1-2,11-15H2,(H2,28,36,37)(H,29,31,32). The highest BCUT2D eigenvalue weighted by Gasteiger charge is 2.21. The molecule has 1 amide bonds. The average molecular weight is 538 g/mol. The fourth-order valence-electron chi connectivity index (χ4n) is 4.56. The van der Waals surface area contributed by atoms with Crippen LogP contribution < -0.4 is 15.4 Å². The maximum atomic E-state index is 13.8. The van der Waals surface area contributed by atoms with Crippen molar-refractivity contribution >= 4 is 44.2 Å². The van der Waals surface area contributed by atoms with Gasteiger partial charge in [0.2, 0.25) is 21.9 Å². The molecule has 4 aromatic rings. The largest absolute Gasteiger partial charge is 0.368 e. The fourth-order valence-corrected chi connectivity index (χ4v) is 5.10.